The maximum atomic E-state index is 12.7. The van der Waals surface area contributed by atoms with Crippen LogP contribution in [0.5, 0.6) is 17.2 Å². The van der Waals surface area contributed by atoms with Crippen molar-refractivity contribution in [1.82, 2.24) is 0 Å². The average molecular weight is 425 g/mol. The van der Waals surface area contributed by atoms with E-state index in [4.69, 9.17) is 14.2 Å². The van der Waals surface area contributed by atoms with Gasteiger partial charge in [0.15, 0.2) is 5.78 Å². The van der Waals surface area contributed by atoms with Crippen molar-refractivity contribution in [2.75, 3.05) is 13.2 Å². The third kappa shape index (κ3) is 6.58. The van der Waals surface area contributed by atoms with Crippen LogP contribution in [0.4, 0.5) is 0 Å². The van der Waals surface area contributed by atoms with Gasteiger partial charge < -0.3 is 14.2 Å². The van der Waals surface area contributed by atoms with E-state index in [-0.39, 0.29) is 5.78 Å². The Labute approximate surface area is 184 Å². The van der Waals surface area contributed by atoms with E-state index in [1.807, 2.05) is 32.0 Å². The molecule has 0 atom stereocenters. The largest absolute Gasteiger partial charge is 0.493 e. The van der Waals surface area contributed by atoms with Crippen molar-refractivity contribution >= 4 is 12.3 Å². The minimum Gasteiger partial charge on any atom is -0.493 e. The first-order chi connectivity index (χ1) is 15.1. The van der Waals surface area contributed by atoms with Crippen LogP contribution in [0.25, 0.3) is 0 Å². The monoisotopic (exact) mass is 424 g/mol. The third-order valence-corrected chi connectivity index (χ3v) is 6.04. The van der Waals surface area contributed by atoms with Crippen LogP contribution in [0, 0.1) is 19.8 Å². The number of carbonyl (C=O) groups excluding carboxylic acids is 2. The molecule has 1 aliphatic rings. The average Bonchev–Trinajstić information content (AvgIpc) is 3.27. The molecule has 3 rings (SSSR count). The zero-order valence-corrected chi connectivity index (χ0v) is 18.5. The van der Waals surface area contributed by atoms with E-state index in [0.717, 1.165) is 35.3 Å². The van der Waals surface area contributed by atoms with Crippen molar-refractivity contribution in [2.24, 2.45) is 5.92 Å². The van der Waals surface area contributed by atoms with Gasteiger partial charge in [0.2, 0.25) is 0 Å². The van der Waals surface area contributed by atoms with Crippen LogP contribution in [-0.2, 0) is 4.79 Å². The van der Waals surface area contributed by atoms with Crippen LogP contribution in [0.15, 0.2) is 36.4 Å². The SMILES string of the molecule is Cc1c(OCCCCOc2cccc(OC=O)c2)ccc(C(=O)CC2CCCC2)c1C. The van der Waals surface area contributed by atoms with Crippen molar-refractivity contribution in [2.45, 2.75) is 58.8 Å². The fourth-order valence-corrected chi connectivity index (χ4v) is 4.11. The van der Waals surface area contributed by atoms with Gasteiger partial charge in [0.1, 0.15) is 17.2 Å². The fourth-order valence-electron chi connectivity index (χ4n) is 4.11. The Morgan fingerprint density at radius 3 is 2.42 bits per heavy atom. The first-order valence-electron chi connectivity index (χ1n) is 11.2. The molecular formula is C26H32O5. The van der Waals surface area contributed by atoms with Gasteiger partial charge in [-0.05, 0) is 68.0 Å². The van der Waals surface area contributed by atoms with Gasteiger partial charge in [-0.25, -0.2) is 0 Å². The second kappa shape index (κ2) is 11.5. The Morgan fingerprint density at radius 1 is 0.968 bits per heavy atom. The number of unbranched alkanes of at least 4 members (excludes halogenated alkanes) is 1. The lowest BCUT2D eigenvalue weighted by atomic mass is 9.92. The van der Waals surface area contributed by atoms with E-state index in [1.165, 1.54) is 25.7 Å². The van der Waals surface area contributed by atoms with Gasteiger partial charge >= 0.3 is 0 Å². The minimum absolute atomic E-state index is 0.263. The predicted octanol–water partition coefficient (Wildman–Crippen LogP) is 5.84. The van der Waals surface area contributed by atoms with Crippen LogP contribution in [0.3, 0.4) is 0 Å². The van der Waals surface area contributed by atoms with Crippen molar-refractivity contribution in [3.8, 4) is 17.2 Å². The van der Waals surface area contributed by atoms with Gasteiger partial charge in [0.25, 0.3) is 6.47 Å². The zero-order chi connectivity index (χ0) is 22.1. The molecule has 31 heavy (non-hydrogen) atoms. The molecule has 166 valence electrons. The maximum Gasteiger partial charge on any atom is 0.298 e. The number of hydrogen-bond acceptors (Lipinski definition) is 5. The molecule has 0 spiro atoms. The molecule has 0 N–H and O–H groups in total. The van der Waals surface area contributed by atoms with Gasteiger partial charge in [-0.15, -0.1) is 0 Å². The molecule has 0 aromatic heterocycles. The minimum atomic E-state index is 0.263. The molecule has 2 aromatic carbocycles. The van der Waals surface area contributed by atoms with Gasteiger partial charge in [-0.1, -0.05) is 31.7 Å². The highest BCUT2D eigenvalue weighted by atomic mass is 16.5. The lowest BCUT2D eigenvalue weighted by molar-refractivity contribution is -0.120. The van der Waals surface area contributed by atoms with Gasteiger partial charge in [0.05, 0.1) is 13.2 Å². The number of benzene rings is 2. The highest BCUT2D eigenvalue weighted by Crippen LogP contribution is 2.31. The summed E-state index contributed by atoms with van der Waals surface area (Å²) < 4.78 is 16.5. The summed E-state index contributed by atoms with van der Waals surface area (Å²) in [5.74, 6) is 2.80. The predicted molar refractivity (Wildman–Crippen MR) is 120 cm³/mol. The van der Waals surface area contributed by atoms with Crippen LogP contribution in [0.1, 0.15) is 66.4 Å². The Bertz CT molecular complexity index is 883. The standard InChI is InChI=1S/C26H32O5/c1-19-20(2)26(13-12-24(19)25(28)16-21-8-3-4-9-21)30-15-6-5-14-29-22-10-7-11-23(17-22)31-18-27/h7,10-13,17-18,21H,3-6,8-9,14-16H2,1-2H3. The first kappa shape index (κ1) is 22.9. The molecule has 0 aliphatic heterocycles. The van der Waals surface area contributed by atoms with Crippen LogP contribution >= 0.6 is 0 Å². The number of hydrogen-bond donors (Lipinski definition) is 0. The van der Waals surface area contributed by atoms with E-state index >= 15 is 0 Å². The smallest absolute Gasteiger partial charge is 0.298 e. The summed E-state index contributed by atoms with van der Waals surface area (Å²) in [6.45, 7) is 5.58. The molecular weight excluding hydrogens is 392 g/mol. The summed E-state index contributed by atoms with van der Waals surface area (Å²) >= 11 is 0. The normalized spacial score (nSPS) is 13.7. The Kier molecular flexibility index (Phi) is 8.51. The molecule has 5 heteroatoms. The summed E-state index contributed by atoms with van der Waals surface area (Å²) in [5.41, 5.74) is 2.91. The lowest BCUT2D eigenvalue weighted by Crippen LogP contribution is -2.09. The van der Waals surface area contributed by atoms with Crippen LogP contribution < -0.4 is 14.2 Å². The van der Waals surface area contributed by atoms with Crippen molar-refractivity contribution in [3.05, 3.63) is 53.1 Å². The molecule has 0 saturated heterocycles. The number of carbonyl (C=O) groups is 2. The molecule has 0 heterocycles. The molecule has 1 fully saturated rings. The molecule has 0 bridgehead atoms. The van der Waals surface area contributed by atoms with Gasteiger partial charge in [0, 0.05) is 18.1 Å². The number of ketones is 1. The Morgan fingerprint density at radius 2 is 1.68 bits per heavy atom. The number of Topliss-reactive ketones (excluding diaryl/α,β-unsaturated/α-hetero) is 1. The number of ether oxygens (including phenoxy) is 3. The highest BCUT2D eigenvalue weighted by Gasteiger charge is 2.21. The highest BCUT2D eigenvalue weighted by molar-refractivity contribution is 5.98. The van der Waals surface area contributed by atoms with Crippen molar-refractivity contribution in [3.63, 3.8) is 0 Å². The van der Waals surface area contributed by atoms with Crippen molar-refractivity contribution < 1.29 is 23.8 Å². The second-order valence-corrected chi connectivity index (χ2v) is 8.23. The fraction of sp³-hybridized carbons (Fsp3) is 0.462. The second-order valence-electron chi connectivity index (χ2n) is 8.23. The summed E-state index contributed by atoms with van der Waals surface area (Å²) in [6, 6.07) is 10.9. The van der Waals surface area contributed by atoms with Gasteiger partial charge in [-0.2, -0.15) is 0 Å². The van der Waals surface area contributed by atoms with E-state index < -0.39 is 0 Å². The molecule has 0 radical (unpaired) electrons. The Balaban J connectivity index is 1.42. The van der Waals surface area contributed by atoms with Crippen LogP contribution in [0.2, 0.25) is 0 Å². The van der Waals surface area contributed by atoms with E-state index in [2.05, 4.69) is 0 Å². The van der Waals surface area contributed by atoms with Crippen LogP contribution in [-0.4, -0.2) is 25.5 Å². The molecule has 5 nitrogen and oxygen atoms in total. The summed E-state index contributed by atoms with van der Waals surface area (Å²) in [5, 5.41) is 0. The zero-order valence-electron chi connectivity index (χ0n) is 18.5. The molecule has 0 unspecified atom stereocenters. The van der Waals surface area contributed by atoms with Crippen molar-refractivity contribution in [1.29, 1.82) is 0 Å². The topological polar surface area (TPSA) is 61.8 Å². The summed E-state index contributed by atoms with van der Waals surface area (Å²) in [6.07, 6.45) is 7.26. The Hall–Kier alpha value is -2.82. The third-order valence-electron chi connectivity index (χ3n) is 6.04. The maximum absolute atomic E-state index is 12.7. The first-order valence-corrected chi connectivity index (χ1v) is 11.2. The summed E-state index contributed by atoms with van der Waals surface area (Å²) in [7, 11) is 0. The van der Waals surface area contributed by atoms with Gasteiger partial charge in [-0.3, -0.25) is 9.59 Å². The quantitative estimate of drug-likeness (QED) is 0.243. The van der Waals surface area contributed by atoms with E-state index in [1.54, 1.807) is 18.2 Å². The lowest BCUT2D eigenvalue weighted by Gasteiger charge is -2.15. The molecule has 2 aromatic rings. The van der Waals surface area contributed by atoms with E-state index in [9.17, 15) is 9.59 Å². The number of rotatable bonds is 12. The molecule has 0 amide bonds. The van der Waals surface area contributed by atoms with E-state index in [0.29, 0.717) is 43.5 Å². The molecule has 1 saturated carbocycles. The summed E-state index contributed by atoms with van der Waals surface area (Å²) in [4.78, 5) is 23.1. The molecule has 1 aliphatic carbocycles.